The summed E-state index contributed by atoms with van der Waals surface area (Å²) in [6.07, 6.45) is 0.550. The minimum absolute atomic E-state index is 0.237. The van der Waals surface area contributed by atoms with Crippen molar-refractivity contribution in [3.63, 3.8) is 0 Å². The zero-order valence-electron chi connectivity index (χ0n) is 11.8. The van der Waals surface area contributed by atoms with E-state index in [4.69, 9.17) is 4.74 Å². The van der Waals surface area contributed by atoms with Gasteiger partial charge in [0, 0.05) is 6.61 Å². The van der Waals surface area contributed by atoms with Gasteiger partial charge >= 0.3 is 6.03 Å². The summed E-state index contributed by atoms with van der Waals surface area (Å²) in [6, 6.07) is 8.87. The Morgan fingerprint density at radius 3 is 2.24 bits per heavy atom. The largest absolute Gasteiger partial charge is 0.377 e. The van der Waals surface area contributed by atoms with Gasteiger partial charge in [-0.3, -0.25) is 20.2 Å². The normalized spacial score (nSPS) is 17.3. The molecule has 2 rings (SSSR count). The molecular formula is C15H18N2O4. The first kappa shape index (κ1) is 15.2. The second-order valence-electron chi connectivity index (χ2n) is 4.96. The molecular weight excluding hydrogens is 272 g/mol. The summed E-state index contributed by atoms with van der Waals surface area (Å²) in [5.74, 6) is -1.11. The van der Waals surface area contributed by atoms with Crippen molar-refractivity contribution < 1.29 is 19.1 Å². The van der Waals surface area contributed by atoms with Gasteiger partial charge in [0.15, 0.2) is 0 Å². The lowest BCUT2D eigenvalue weighted by Crippen LogP contribution is -2.62. The molecule has 1 aromatic rings. The van der Waals surface area contributed by atoms with Crippen LogP contribution in [0.4, 0.5) is 4.79 Å². The maximum atomic E-state index is 12.0. The van der Waals surface area contributed by atoms with Gasteiger partial charge in [0.05, 0.1) is 6.61 Å². The number of urea groups is 1. The number of carbonyl (C=O) groups excluding carboxylic acids is 3. The van der Waals surface area contributed by atoms with Gasteiger partial charge in [0.1, 0.15) is 5.41 Å². The Labute approximate surface area is 122 Å². The maximum absolute atomic E-state index is 12.0. The quantitative estimate of drug-likeness (QED) is 0.612. The van der Waals surface area contributed by atoms with Gasteiger partial charge in [-0.25, -0.2) is 4.79 Å². The third-order valence-electron chi connectivity index (χ3n) is 3.71. The number of nitrogens with one attached hydrogen (secondary N) is 2. The van der Waals surface area contributed by atoms with E-state index in [1.54, 1.807) is 6.92 Å². The average Bonchev–Trinajstić information content (AvgIpc) is 2.47. The van der Waals surface area contributed by atoms with Crippen molar-refractivity contribution in [3.05, 3.63) is 35.9 Å². The molecule has 0 aliphatic carbocycles. The SMILES string of the molecule is CCC1(CCOCc2ccccc2)C(=O)NC(=O)NC1=O. The first-order chi connectivity index (χ1) is 10.1. The molecule has 1 aliphatic heterocycles. The summed E-state index contributed by atoms with van der Waals surface area (Å²) >= 11 is 0. The van der Waals surface area contributed by atoms with Crippen molar-refractivity contribution in [2.45, 2.75) is 26.4 Å². The monoisotopic (exact) mass is 290 g/mol. The Morgan fingerprint density at radius 2 is 1.67 bits per heavy atom. The van der Waals surface area contributed by atoms with Crippen LogP contribution in [0.2, 0.25) is 0 Å². The minimum atomic E-state index is -1.23. The third kappa shape index (κ3) is 3.28. The Morgan fingerprint density at radius 1 is 1.05 bits per heavy atom. The van der Waals surface area contributed by atoms with E-state index < -0.39 is 23.3 Å². The van der Waals surface area contributed by atoms with E-state index in [9.17, 15) is 14.4 Å². The van der Waals surface area contributed by atoms with E-state index in [0.717, 1.165) is 5.56 Å². The Kier molecular flexibility index (Phi) is 4.70. The molecule has 21 heavy (non-hydrogen) atoms. The zero-order chi connectivity index (χ0) is 15.3. The van der Waals surface area contributed by atoms with Crippen LogP contribution in [0.5, 0.6) is 0 Å². The van der Waals surface area contributed by atoms with Crippen LogP contribution in [0.15, 0.2) is 30.3 Å². The van der Waals surface area contributed by atoms with Crippen molar-refractivity contribution in [2.75, 3.05) is 6.61 Å². The fourth-order valence-corrected chi connectivity index (χ4v) is 2.32. The molecule has 1 fully saturated rings. The molecule has 1 heterocycles. The summed E-state index contributed by atoms with van der Waals surface area (Å²) in [4.78, 5) is 35.1. The highest BCUT2D eigenvalue weighted by atomic mass is 16.5. The number of carbonyl (C=O) groups is 3. The topological polar surface area (TPSA) is 84.5 Å². The summed E-state index contributed by atoms with van der Waals surface area (Å²) in [7, 11) is 0. The Bertz CT molecular complexity index is 522. The standard InChI is InChI=1S/C15H18N2O4/c1-2-15(12(18)16-14(20)17-13(15)19)8-9-21-10-11-6-4-3-5-7-11/h3-7H,2,8-10H2,1H3,(H2,16,17,18,19,20). The molecule has 6 nitrogen and oxygen atoms in total. The summed E-state index contributed by atoms with van der Waals surface area (Å²) in [6.45, 7) is 2.42. The van der Waals surface area contributed by atoms with Crippen LogP contribution in [0, 0.1) is 5.41 Å². The molecule has 1 aliphatic rings. The molecule has 0 aromatic heterocycles. The third-order valence-corrected chi connectivity index (χ3v) is 3.71. The van der Waals surface area contributed by atoms with E-state index in [2.05, 4.69) is 10.6 Å². The molecule has 4 amide bonds. The van der Waals surface area contributed by atoms with E-state index in [-0.39, 0.29) is 13.0 Å². The number of hydrogen-bond donors (Lipinski definition) is 2. The van der Waals surface area contributed by atoms with Crippen molar-refractivity contribution in [3.8, 4) is 0 Å². The summed E-state index contributed by atoms with van der Waals surface area (Å²) < 4.78 is 5.53. The van der Waals surface area contributed by atoms with E-state index in [1.807, 2.05) is 30.3 Å². The van der Waals surface area contributed by atoms with Gasteiger partial charge in [-0.1, -0.05) is 37.3 Å². The summed E-state index contributed by atoms with van der Waals surface area (Å²) in [5, 5.41) is 4.29. The molecule has 0 bridgehead atoms. The van der Waals surface area contributed by atoms with Crippen molar-refractivity contribution in [1.82, 2.24) is 10.6 Å². The Balaban J connectivity index is 1.91. The number of benzene rings is 1. The lowest BCUT2D eigenvalue weighted by molar-refractivity contribution is -0.146. The fraction of sp³-hybridized carbons (Fsp3) is 0.400. The van der Waals surface area contributed by atoms with Crippen LogP contribution >= 0.6 is 0 Å². The minimum Gasteiger partial charge on any atom is -0.377 e. The smallest absolute Gasteiger partial charge is 0.328 e. The van der Waals surface area contributed by atoms with Crippen LogP contribution in [0.1, 0.15) is 25.3 Å². The molecule has 6 heteroatoms. The zero-order valence-corrected chi connectivity index (χ0v) is 11.8. The predicted octanol–water partition coefficient (Wildman–Crippen LogP) is 1.36. The van der Waals surface area contributed by atoms with Crippen LogP contribution in [0.3, 0.4) is 0 Å². The number of ether oxygens (including phenoxy) is 1. The maximum Gasteiger partial charge on any atom is 0.328 e. The molecule has 1 saturated heterocycles. The van der Waals surface area contributed by atoms with E-state index >= 15 is 0 Å². The van der Waals surface area contributed by atoms with E-state index in [1.165, 1.54) is 0 Å². The van der Waals surface area contributed by atoms with Crippen molar-refractivity contribution in [2.24, 2.45) is 5.41 Å². The van der Waals surface area contributed by atoms with Crippen molar-refractivity contribution >= 4 is 17.8 Å². The predicted molar refractivity (Wildman–Crippen MR) is 75.1 cm³/mol. The highest BCUT2D eigenvalue weighted by Crippen LogP contribution is 2.29. The number of rotatable bonds is 6. The molecule has 112 valence electrons. The second kappa shape index (κ2) is 6.49. The van der Waals surface area contributed by atoms with Gasteiger partial charge in [0.25, 0.3) is 0 Å². The number of amides is 4. The van der Waals surface area contributed by atoms with Crippen LogP contribution in [-0.2, 0) is 20.9 Å². The number of hydrogen-bond acceptors (Lipinski definition) is 4. The molecule has 0 atom stereocenters. The first-order valence-corrected chi connectivity index (χ1v) is 6.87. The molecule has 0 radical (unpaired) electrons. The van der Waals surface area contributed by atoms with Crippen LogP contribution < -0.4 is 10.6 Å². The van der Waals surface area contributed by atoms with Crippen molar-refractivity contribution in [1.29, 1.82) is 0 Å². The molecule has 0 unspecified atom stereocenters. The van der Waals surface area contributed by atoms with Crippen LogP contribution in [0.25, 0.3) is 0 Å². The number of barbiturate groups is 1. The Hall–Kier alpha value is -2.21. The molecule has 2 N–H and O–H groups in total. The van der Waals surface area contributed by atoms with Gasteiger partial charge in [-0.2, -0.15) is 0 Å². The number of imide groups is 2. The summed E-state index contributed by atoms with van der Waals surface area (Å²) in [5.41, 5.74) is -0.208. The molecule has 0 saturated carbocycles. The van der Waals surface area contributed by atoms with Gasteiger partial charge in [-0.15, -0.1) is 0 Å². The lowest BCUT2D eigenvalue weighted by atomic mass is 9.79. The second-order valence-corrected chi connectivity index (χ2v) is 4.96. The van der Waals surface area contributed by atoms with Gasteiger partial charge < -0.3 is 4.74 Å². The van der Waals surface area contributed by atoms with E-state index in [0.29, 0.717) is 13.0 Å². The molecule has 1 aromatic carbocycles. The lowest BCUT2D eigenvalue weighted by Gasteiger charge is -2.32. The van der Waals surface area contributed by atoms with Gasteiger partial charge in [0.2, 0.25) is 11.8 Å². The van der Waals surface area contributed by atoms with Crippen LogP contribution in [-0.4, -0.2) is 24.5 Å². The average molecular weight is 290 g/mol. The highest BCUT2D eigenvalue weighted by Gasteiger charge is 2.48. The molecule has 0 spiro atoms. The first-order valence-electron chi connectivity index (χ1n) is 6.87. The van der Waals surface area contributed by atoms with Gasteiger partial charge in [-0.05, 0) is 18.4 Å². The fourth-order valence-electron chi connectivity index (χ4n) is 2.32. The highest BCUT2D eigenvalue weighted by molar-refractivity contribution is 6.19.